The highest BCUT2D eigenvalue weighted by molar-refractivity contribution is 5.66. The van der Waals surface area contributed by atoms with Crippen LogP contribution in [0.5, 0.6) is 0 Å². The van der Waals surface area contributed by atoms with E-state index in [0.717, 1.165) is 113 Å². The van der Waals surface area contributed by atoms with Gasteiger partial charge in [0.15, 0.2) is 0 Å². The largest absolute Gasteiger partial charge is 0.399 e. The van der Waals surface area contributed by atoms with E-state index in [2.05, 4.69) is 55.4 Å². The van der Waals surface area contributed by atoms with Crippen LogP contribution in [0.3, 0.4) is 0 Å². The molecule has 20 nitrogen and oxygen atoms in total. The van der Waals surface area contributed by atoms with Gasteiger partial charge in [0.2, 0.25) is 0 Å². The fourth-order valence-corrected chi connectivity index (χ4v) is 14.7. The van der Waals surface area contributed by atoms with E-state index in [0.29, 0.717) is 89.8 Å². The lowest BCUT2D eigenvalue weighted by Crippen LogP contribution is -2.48. The van der Waals surface area contributed by atoms with Crippen LogP contribution in [0.1, 0.15) is 215 Å². The molecule has 40 N–H and O–H groups in total. The number of nitrogens with two attached hydrogens (primary N) is 20. The molecule has 10 unspecified atom stereocenters. The smallest absolute Gasteiger partial charge is 0.0550 e. The van der Waals surface area contributed by atoms with Crippen molar-refractivity contribution in [1.82, 2.24) is 0 Å². The topological polar surface area (TPSA) is 520 Å². The van der Waals surface area contributed by atoms with Crippen molar-refractivity contribution in [3.63, 3.8) is 0 Å². The molecule has 5 saturated carbocycles. The minimum atomic E-state index is -0.0174. The Morgan fingerprint density at radius 1 is 0.438 bits per heavy atom. The first-order chi connectivity index (χ1) is 49.1. The van der Waals surface area contributed by atoms with Crippen molar-refractivity contribution in [3.05, 3.63) is 166 Å². The Morgan fingerprint density at radius 3 is 1.21 bits per heavy atom. The first-order valence-electron chi connectivity index (χ1n) is 38.6. The first kappa shape index (κ1) is 94.3. The van der Waals surface area contributed by atoms with Crippen molar-refractivity contribution < 1.29 is 0 Å². The molecule has 5 aliphatic rings. The van der Waals surface area contributed by atoms with E-state index < -0.39 is 0 Å². The normalized spacial score (nSPS) is 25.0. The van der Waals surface area contributed by atoms with Crippen LogP contribution in [0, 0.1) is 68.1 Å². The summed E-state index contributed by atoms with van der Waals surface area (Å²) in [5, 5.41) is 0. The summed E-state index contributed by atoms with van der Waals surface area (Å²) in [6.07, 6.45) is 22.2. The quantitative estimate of drug-likeness (QED) is 0.0629. The second kappa shape index (κ2) is 47.1. The van der Waals surface area contributed by atoms with Gasteiger partial charge in [0.25, 0.3) is 0 Å². The third-order valence-corrected chi connectivity index (χ3v) is 21.7. The fourth-order valence-electron chi connectivity index (χ4n) is 14.7. The highest BCUT2D eigenvalue weighted by atomic mass is 14.8. The van der Waals surface area contributed by atoms with Gasteiger partial charge in [0.05, 0.1) is 22.7 Å². The highest BCUT2D eigenvalue weighted by Crippen LogP contribution is 2.45. The Morgan fingerprint density at radius 2 is 0.867 bits per heavy atom. The third kappa shape index (κ3) is 37.6. The third-order valence-electron chi connectivity index (χ3n) is 21.7. The lowest BCUT2D eigenvalue weighted by molar-refractivity contribution is 0.0904. The average Bonchev–Trinajstić information content (AvgIpc) is 0.818. The van der Waals surface area contributed by atoms with E-state index in [9.17, 15) is 0 Å². The van der Waals surface area contributed by atoms with Crippen molar-refractivity contribution in [3.8, 4) is 0 Å². The zero-order valence-corrected chi connectivity index (χ0v) is 67.1. The molecule has 5 aliphatic carbocycles. The molecule has 0 spiro atoms. The Hall–Kier alpha value is -6.76. The van der Waals surface area contributed by atoms with Gasteiger partial charge in [-0.25, -0.2) is 0 Å². The van der Waals surface area contributed by atoms with Crippen LogP contribution < -0.4 is 115 Å². The lowest BCUT2D eigenvalue weighted by atomic mass is 9.63. The molecule has 0 bridgehead atoms. The van der Waals surface area contributed by atoms with Crippen LogP contribution in [-0.2, 0) is 26.2 Å². The number of anilines is 8. The number of aryl methyl sites for hydroxylation is 3. The number of nitrogen functional groups attached to an aromatic ring is 8. The Balaban J connectivity index is 0.000000400. The van der Waals surface area contributed by atoms with Crippen LogP contribution in [0.2, 0.25) is 0 Å². The molecule has 0 radical (unpaired) electrons. The molecule has 20 heteroatoms. The van der Waals surface area contributed by atoms with Crippen LogP contribution in [0.25, 0.3) is 0 Å². The molecule has 10 atom stereocenters. The molecular weight excluding hydrogens is 1300 g/mol. The van der Waals surface area contributed by atoms with Gasteiger partial charge in [-0.15, -0.1) is 0 Å². The van der Waals surface area contributed by atoms with Gasteiger partial charge >= 0.3 is 0 Å². The van der Waals surface area contributed by atoms with Gasteiger partial charge in [-0.2, -0.15) is 0 Å². The van der Waals surface area contributed by atoms with Crippen LogP contribution >= 0.6 is 0 Å². The van der Waals surface area contributed by atoms with Crippen molar-refractivity contribution in [2.24, 2.45) is 109 Å². The fraction of sp³-hybridized carbons (Fsp3) is 0.576. The number of rotatable bonds is 8. The molecule has 592 valence electrons. The maximum atomic E-state index is 6.10. The molecule has 0 aromatic heterocycles. The van der Waals surface area contributed by atoms with Crippen LogP contribution in [0.15, 0.2) is 121 Å². The maximum Gasteiger partial charge on any atom is 0.0550 e. The SMILES string of the molecule is CC1(C)CC(N)CC(C)(CN)C1.CC1(N)CCC(C(C)(C)N)CC1.CC1CC(CC2CCC(N)C(C)C2)CCC1N.Cc1c(N)cccc1N.Cc1cc(N)c(N)cc1C.Cc1ccc(N)c(N)c1.NC1CCCCC1N.NCc1cccc(CN)c1.NCc1ccccc1CN.Nc1cccc(N)c1. The summed E-state index contributed by atoms with van der Waals surface area (Å²) in [5.41, 5.74) is 128. The van der Waals surface area contributed by atoms with Crippen molar-refractivity contribution >= 4 is 45.5 Å². The predicted molar refractivity (Wildman–Crippen MR) is 458 cm³/mol. The predicted octanol–water partition coefficient (Wildman–Crippen LogP) is 12.1. The van der Waals surface area contributed by atoms with Gasteiger partial charge in [-0.05, 0) is 297 Å². The molecule has 105 heavy (non-hydrogen) atoms. The van der Waals surface area contributed by atoms with Crippen molar-refractivity contribution in [2.45, 2.75) is 266 Å². The second-order valence-electron chi connectivity index (χ2n) is 33.1. The summed E-state index contributed by atoms with van der Waals surface area (Å²) in [7, 11) is 0. The maximum absolute atomic E-state index is 6.10. The Bertz CT molecular complexity index is 3190. The van der Waals surface area contributed by atoms with Gasteiger partial charge in [0, 0.05) is 90.2 Å². The zero-order chi connectivity index (χ0) is 79.4. The molecule has 0 aliphatic heterocycles. The average molecular weight is 1450 g/mol. The number of benzene rings is 6. The van der Waals surface area contributed by atoms with Gasteiger partial charge in [-0.1, -0.05) is 114 Å². The highest BCUT2D eigenvalue weighted by Gasteiger charge is 2.39. The first-order valence-corrected chi connectivity index (χ1v) is 38.6. The summed E-state index contributed by atoms with van der Waals surface area (Å²) in [4.78, 5) is 0. The molecule has 11 rings (SSSR count). The van der Waals surface area contributed by atoms with E-state index in [-0.39, 0.29) is 28.6 Å². The van der Waals surface area contributed by atoms with Crippen LogP contribution in [0.4, 0.5) is 45.5 Å². The van der Waals surface area contributed by atoms with E-state index >= 15 is 0 Å². The van der Waals surface area contributed by atoms with E-state index in [1.165, 1.54) is 88.2 Å². The summed E-state index contributed by atoms with van der Waals surface area (Å²) in [6.45, 7) is 28.9. The monoisotopic (exact) mass is 1450 g/mol. The Labute approximate surface area is 635 Å². The van der Waals surface area contributed by atoms with E-state index in [4.69, 9.17) is 115 Å². The molecular formula is C85H152N20. The molecule has 6 aromatic rings. The van der Waals surface area contributed by atoms with E-state index in [1.54, 1.807) is 18.2 Å². The van der Waals surface area contributed by atoms with Crippen molar-refractivity contribution in [1.29, 1.82) is 0 Å². The molecule has 0 saturated heterocycles. The minimum absolute atomic E-state index is 0.0174. The summed E-state index contributed by atoms with van der Waals surface area (Å²) in [6, 6.07) is 39.9. The molecule has 5 fully saturated rings. The Kier molecular flexibility index (Phi) is 42.3. The molecule has 0 amide bonds. The van der Waals surface area contributed by atoms with E-state index in [1.807, 2.05) is 131 Å². The van der Waals surface area contributed by atoms with Gasteiger partial charge < -0.3 is 115 Å². The van der Waals surface area contributed by atoms with Crippen molar-refractivity contribution in [2.75, 3.05) is 52.4 Å². The lowest BCUT2D eigenvalue weighted by Gasteiger charge is -2.45. The number of hydrogen-bond acceptors (Lipinski definition) is 20. The zero-order valence-electron chi connectivity index (χ0n) is 67.1. The molecule has 0 heterocycles. The second-order valence-corrected chi connectivity index (χ2v) is 33.1. The number of hydrogen-bond donors (Lipinski definition) is 20. The summed E-state index contributed by atoms with van der Waals surface area (Å²) in [5.74, 6) is 4.01. The van der Waals surface area contributed by atoms with Gasteiger partial charge in [-0.3, -0.25) is 0 Å². The standard InChI is InChI=1S/C15H30N2.2C10H22N2.3C8H12N2.2C7H10N2.C6H8N2.C6H14N2/c1-10-7-12(3-5-14(10)16)9-13-4-6-15(17)11(2)8-13;1-9(2)4-8(12)5-10(3,6-9)7-11;1-9(2,11)8-4-6-10(3,12)7-5-8;1-5-3-7(9)8(10)4-6(5)2;9-5-7-2-1-3-8(4-7)6-10;9-5-7-3-1-2-4-8(7)6-10;1-5-2-3-6(8)7(9)4-5;1-5-6(8)3-2-4-7(5)9;7-5-2-1-3-6(8)4-5;7-5-3-1-2-4-6(5)8/h10-15H,3-9,16-17H2,1-2H3;2*8H,4-7,11-12H2,1-3H3;3-4H,9-10H2,1-2H3;2*1-4H,5-6,9-10H2;2*2-4H,8-9H2,1H3;1-4H,7-8H2;5-6H,1-4,7-8H2. The summed E-state index contributed by atoms with van der Waals surface area (Å²) < 4.78 is 0. The summed E-state index contributed by atoms with van der Waals surface area (Å²) >= 11 is 0. The molecule has 6 aromatic carbocycles. The minimum Gasteiger partial charge on any atom is -0.399 e. The van der Waals surface area contributed by atoms with Gasteiger partial charge in [0.1, 0.15) is 0 Å². The van der Waals surface area contributed by atoms with Crippen LogP contribution in [-0.4, -0.2) is 47.8 Å².